The lowest BCUT2D eigenvalue weighted by Gasteiger charge is -2.16. The Labute approximate surface area is 144 Å². The summed E-state index contributed by atoms with van der Waals surface area (Å²) in [7, 11) is 1.05. The Morgan fingerprint density at radius 3 is 1.77 bits per heavy atom. The molecule has 0 unspecified atom stereocenters. The number of halogens is 6. The molecule has 0 amide bonds. The first-order valence-corrected chi connectivity index (χ1v) is 7.17. The van der Waals surface area contributed by atoms with Crippen LogP contribution in [0.3, 0.4) is 0 Å². The molecular weight excluding hydrogens is 362 g/mol. The van der Waals surface area contributed by atoms with E-state index in [0.717, 1.165) is 13.2 Å². The summed E-state index contributed by atoms with van der Waals surface area (Å²) < 4.78 is 82.8. The second-order valence-electron chi connectivity index (χ2n) is 5.24. The van der Waals surface area contributed by atoms with Gasteiger partial charge in [0.2, 0.25) is 0 Å². The average molecular weight is 374 g/mol. The van der Waals surface area contributed by atoms with Gasteiger partial charge in [-0.25, -0.2) is 4.79 Å². The SMILES string of the molecule is COC(=O)/C=C(/c1ccccc1)c1cc(C(F)(F)F)cc(C(F)(F)F)c1. The minimum atomic E-state index is -4.98. The van der Waals surface area contributed by atoms with Crippen LogP contribution in [0, 0.1) is 0 Å². The molecule has 0 aliphatic heterocycles. The van der Waals surface area contributed by atoms with Crippen LogP contribution >= 0.6 is 0 Å². The molecule has 0 aliphatic carbocycles. The molecule has 0 aromatic heterocycles. The van der Waals surface area contributed by atoms with Gasteiger partial charge < -0.3 is 4.74 Å². The molecule has 0 aliphatic rings. The topological polar surface area (TPSA) is 26.3 Å². The zero-order valence-corrected chi connectivity index (χ0v) is 13.3. The van der Waals surface area contributed by atoms with Crippen molar-refractivity contribution in [2.75, 3.05) is 7.11 Å². The molecule has 2 aromatic carbocycles. The Balaban J connectivity index is 2.75. The van der Waals surface area contributed by atoms with Crippen molar-refractivity contribution in [3.63, 3.8) is 0 Å². The fourth-order valence-corrected chi connectivity index (χ4v) is 2.24. The van der Waals surface area contributed by atoms with E-state index in [0.29, 0.717) is 12.1 Å². The molecule has 0 saturated carbocycles. The minimum Gasteiger partial charge on any atom is -0.466 e. The number of hydrogen-bond donors (Lipinski definition) is 0. The molecule has 0 atom stereocenters. The first kappa shape index (κ1) is 19.6. The summed E-state index contributed by atoms with van der Waals surface area (Å²) in [5.74, 6) is -0.908. The molecule has 0 spiro atoms. The molecule has 2 aromatic rings. The van der Waals surface area contributed by atoms with Gasteiger partial charge in [0.1, 0.15) is 0 Å². The first-order chi connectivity index (χ1) is 12.0. The maximum atomic E-state index is 13.1. The van der Waals surface area contributed by atoms with E-state index in [1.165, 1.54) is 12.1 Å². The number of rotatable bonds is 3. The number of hydrogen-bond acceptors (Lipinski definition) is 2. The van der Waals surface area contributed by atoms with Gasteiger partial charge in [0.05, 0.1) is 18.2 Å². The van der Waals surface area contributed by atoms with Gasteiger partial charge in [-0.1, -0.05) is 30.3 Å². The van der Waals surface area contributed by atoms with Crippen molar-refractivity contribution in [1.29, 1.82) is 0 Å². The van der Waals surface area contributed by atoms with Crippen LogP contribution in [0.1, 0.15) is 22.3 Å². The summed E-state index contributed by atoms with van der Waals surface area (Å²) in [6, 6.07) is 8.78. The summed E-state index contributed by atoms with van der Waals surface area (Å²) >= 11 is 0. The van der Waals surface area contributed by atoms with Gasteiger partial charge in [0.25, 0.3) is 0 Å². The minimum absolute atomic E-state index is 0.0320. The highest BCUT2D eigenvalue weighted by Gasteiger charge is 2.37. The summed E-state index contributed by atoms with van der Waals surface area (Å²) in [5.41, 5.74) is -3.17. The van der Waals surface area contributed by atoms with Crippen LogP contribution in [0.15, 0.2) is 54.6 Å². The molecule has 2 rings (SSSR count). The van der Waals surface area contributed by atoms with Gasteiger partial charge in [-0.05, 0) is 34.9 Å². The van der Waals surface area contributed by atoms with Crippen molar-refractivity contribution in [3.05, 3.63) is 76.9 Å². The van der Waals surface area contributed by atoms with Crippen molar-refractivity contribution in [2.24, 2.45) is 0 Å². The third-order valence-corrected chi connectivity index (χ3v) is 3.45. The van der Waals surface area contributed by atoms with E-state index < -0.39 is 35.0 Å². The quantitative estimate of drug-likeness (QED) is 0.412. The Kier molecular flexibility index (Phi) is 5.44. The second-order valence-corrected chi connectivity index (χ2v) is 5.24. The van der Waals surface area contributed by atoms with Crippen LogP contribution in [0.25, 0.3) is 5.57 Å². The number of carbonyl (C=O) groups excluding carboxylic acids is 1. The van der Waals surface area contributed by atoms with Gasteiger partial charge in [-0.2, -0.15) is 26.3 Å². The lowest BCUT2D eigenvalue weighted by molar-refractivity contribution is -0.143. The van der Waals surface area contributed by atoms with Gasteiger partial charge in [-0.15, -0.1) is 0 Å². The van der Waals surface area contributed by atoms with Crippen molar-refractivity contribution >= 4 is 11.5 Å². The van der Waals surface area contributed by atoms with E-state index in [4.69, 9.17) is 0 Å². The molecule has 138 valence electrons. The lowest BCUT2D eigenvalue weighted by atomic mass is 9.94. The molecule has 2 nitrogen and oxygen atoms in total. The molecule has 0 bridgehead atoms. The Bertz CT molecular complexity index is 788. The molecule has 0 radical (unpaired) electrons. The highest BCUT2D eigenvalue weighted by molar-refractivity contribution is 5.96. The predicted octanol–water partition coefficient (Wildman–Crippen LogP) is 5.33. The number of benzene rings is 2. The van der Waals surface area contributed by atoms with E-state index in [1.54, 1.807) is 18.2 Å². The number of ether oxygens (including phenoxy) is 1. The second kappa shape index (κ2) is 7.23. The smallest absolute Gasteiger partial charge is 0.416 e. The third-order valence-electron chi connectivity index (χ3n) is 3.45. The molecule has 0 heterocycles. The van der Waals surface area contributed by atoms with E-state index in [9.17, 15) is 31.1 Å². The van der Waals surface area contributed by atoms with Crippen molar-refractivity contribution in [1.82, 2.24) is 0 Å². The molecular formula is C18H12F6O2. The highest BCUT2D eigenvalue weighted by Crippen LogP contribution is 2.38. The van der Waals surface area contributed by atoms with E-state index in [-0.39, 0.29) is 17.2 Å². The summed E-state index contributed by atoms with van der Waals surface area (Å²) in [6.07, 6.45) is -9.11. The van der Waals surface area contributed by atoms with Gasteiger partial charge >= 0.3 is 18.3 Å². The normalized spacial score (nSPS) is 12.8. The molecule has 26 heavy (non-hydrogen) atoms. The van der Waals surface area contributed by atoms with Crippen LogP contribution in [-0.4, -0.2) is 13.1 Å². The Morgan fingerprint density at radius 2 is 1.35 bits per heavy atom. The average Bonchev–Trinajstić information content (AvgIpc) is 2.58. The van der Waals surface area contributed by atoms with Gasteiger partial charge in [0, 0.05) is 6.08 Å². The third kappa shape index (κ3) is 4.65. The zero-order chi connectivity index (χ0) is 19.5. The van der Waals surface area contributed by atoms with E-state index in [1.807, 2.05) is 0 Å². The summed E-state index contributed by atoms with van der Waals surface area (Å²) in [4.78, 5) is 11.6. The van der Waals surface area contributed by atoms with Crippen molar-refractivity contribution in [3.8, 4) is 0 Å². The van der Waals surface area contributed by atoms with Gasteiger partial charge in [0.15, 0.2) is 0 Å². The predicted molar refractivity (Wildman–Crippen MR) is 82.0 cm³/mol. The maximum Gasteiger partial charge on any atom is 0.416 e. The fourth-order valence-electron chi connectivity index (χ4n) is 2.24. The van der Waals surface area contributed by atoms with E-state index in [2.05, 4.69) is 4.74 Å². The maximum absolute atomic E-state index is 13.1. The molecule has 0 fully saturated rings. The van der Waals surface area contributed by atoms with Crippen LogP contribution < -0.4 is 0 Å². The number of alkyl halides is 6. The highest BCUT2D eigenvalue weighted by atomic mass is 19.4. The van der Waals surface area contributed by atoms with Crippen LogP contribution in [0.5, 0.6) is 0 Å². The fraction of sp³-hybridized carbons (Fsp3) is 0.167. The standard InChI is InChI=1S/C18H12F6O2/c1-26-16(25)10-15(11-5-3-2-4-6-11)12-7-13(17(19,20)21)9-14(8-12)18(22,23)24/h2-10H,1H3/b15-10-. The molecule has 0 saturated heterocycles. The van der Waals surface area contributed by atoms with Crippen molar-refractivity contribution < 1.29 is 35.9 Å². The van der Waals surface area contributed by atoms with Crippen molar-refractivity contribution in [2.45, 2.75) is 12.4 Å². The molecule has 8 heteroatoms. The summed E-state index contributed by atoms with van der Waals surface area (Å²) in [6.45, 7) is 0. The monoisotopic (exact) mass is 374 g/mol. The number of esters is 1. The van der Waals surface area contributed by atoms with Gasteiger partial charge in [-0.3, -0.25) is 0 Å². The zero-order valence-electron chi connectivity index (χ0n) is 13.3. The Hall–Kier alpha value is -2.77. The summed E-state index contributed by atoms with van der Waals surface area (Å²) in [5, 5.41) is 0. The van der Waals surface area contributed by atoms with Crippen LogP contribution in [0.4, 0.5) is 26.3 Å². The largest absolute Gasteiger partial charge is 0.466 e. The van der Waals surface area contributed by atoms with Crippen LogP contribution in [0.2, 0.25) is 0 Å². The Morgan fingerprint density at radius 1 is 0.846 bits per heavy atom. The number of methoxy groups -OCH3 is 1. The lowest BCUT2D eigenvalue weighted by Crippen LogP contribution is -2.12. The first-order valence-electron chi connectivity index (χ1n) is 7.17. The molecule has 0 N–H and O–H groups in total. The van der Waals surface area contributed by atoms with E-state index >= 15 is 0 Å². The number of carbonyl (C=O) groups is 1. The van der Waals surface area contributed by atoms with Crippen LogP contribution in [-0.2, 0) is 21.9 Å².